The van der Waals surface area contributed by atoms with Crippen LogP contribution in [0.15, 0.2) is 54.6 Å². The summed E-state index contributed by atoms with van der Waals surface area (Å²) < 4.78 is 5.19. The summed E-state index contributed by atoms with van der Waals surface area (Å²) >= 11 is 0. The quantitative estimate of drug-likeness (QED) is 0.810. The van der Waals surface area contributed by atoms with E-state index in [1.807, 2.05) is 48.5 Å². The van der Waals surface area contributed by atoms with E-state index in [0.717, 1.165) is 11.1 Å². The lowest BCUT2D eigenvalue weighted by Gasteiger charge is -2.18. The first-order valence-corrected chi connectivity index (χ1v) is 7.08. The topological polar surface area (TPSA) is 43.4 Å². The van der Waals surface area contributed by atoms with Crippen LogP contribution in [0, 0.1) is 0 Å². The van der Waals surface area contributed by atoms with Crippen LogP contribution in [0.25, 0.3) is 0 Å². The molecule has 3 rings (SSSR count). The third kappa shape index (κ3) is 2.25. The highest BCUT2D eigenvalue weighted by atomic mass is 16.5. The summed E-state index contributed by atoms with van der Waals surface area (Å²) in [5, 5.41) is 0. The van der Waals surface area contributed by atoms with Crippen LogP contribution in [0.5, 0.6) is 0 Å². The van der Waals surface area contributed by atoms with Crippen molar-refractivity contribution in [1.29, 1.82) is 0 Å². The van der Waals surface area contributed by atoms with Crippen molar-refractivity contribution < 1.29 is 14.3 Å². The van der Waals surface area contributed by atoms with Gasteiger partial charge in [0.2, 0.25) is 0 Å². The van der Waals surface area contributed by atoms with Crippen molar-refractivity contribution in [1.82, 2.24) is 0 Å². The van der Waals surface area contributed by atoms with Gasteiger partial charge in [0.15, 0.2) is 5.78 Å². The largest absolute Gasteiger partial charge is 0.465 e. The van der Waals surface area contributed by atoms with Gasteiger partial charge in [0, 0.05) is 5.56 Å². The summed E-state index contributed by atoms with van der Waals surface area (Å²) in [4.78, 5) is 25.1. The molecule has 0 saturated heterocycles. The Morgan fingerprint density at radius 2 is 1.71 bits per heavy atom. The summed E-state index contributed by atoms with van der Waals surface area (Å²) in [7, 11) is 0. The second-order valence-corrected chi connectivity index (χ2v) is 5.07. The molecule has 0 radical (unpaired) electrons. The SMILES string of the molecule is CCOC(=O)C1c2ccccc2C(=O)C1c1ccccc1. The maximum absolute atomic E-state index is 12.7. The summed E-state index contributed by atoms with van der Waals surface area (Å²) in [6, 6.07) is 16.8. The van der Waals surface area contributed by atoms with Crippen molar-refractivity contribution in [3.63, 3.8) is 0 Å². The van der Waals surface area contributed by atoms with E-state index in [1.165, 1.54) is 0 Å². The van der Waals surface area contributed by atoms with E-state index < -0.39 is 11.8 Å². The van der Waals surface area contributed by atoms with Crippen LogP contribution in [-0.2, 0) is 9.53 Å². The Morgan fingerprint density at radius 3 is 2.43 bits per heavy atom. The van der Waals surface area contributed by atoms with E-state index in [-0.39, 0.29) is 11.8 Å². The first-order chi connectivity index (χ1) is 10.2. The molecule has 0 aromatic heterocycles. The fourth-order valence-electron chi connectivity index (χ4n) is 2.99. The number of ether oxygens (including phenoxy) is 1. The molecule has 2 unspecified atom stereocenters. The second-order valence-electron chi connectivity index (χ2n) is 5.07. The molecule has 3 nitrogen and oxygen atoms in total. The standard InChI is InChI=1S/C18H16O3/c1-2-21-18(20)16-13-10-6-7-11-14(13)17(19)15(16)12-8-4-3-5-9-12/h3-11,15-16H,2H2,1H3. The van der Waals surface area contributed by atoms with Gasteiger partial charge in [0.1, 0.15) is 0 Å². The molecular weight excluding hydrogens is 264 g/mol. The Labute approximate surface area is 123 Å². The Morgan fingerprint density at radius 1 is 1.05 bits per heavy atom. The molecule has 106 valence electrons. The number of rotatable bonds is 3. The molecule has 3 heteroatoms. The number of hydrogen-bond donors (Lipinski definition) is 0. The van der Waals surface area contributed by atoms with Crippen molar-refractivity contribution in [2.45, 2.75) is 18.8 Å². The predicted molar refractivity (Wildman–Crippen MR) is 79.3 cm³/mol. The average Bonchev–Trinajstić information content (AvgIpc) is 2.82. The van der Waals surface area contributed by atoms with Crippen molar-refractivity contribution in [2.75, 3.05) is 6.61 Å². The Balaban J connectivity index is 2.11. The zero-order chi connectivity index (χ0) is 14.8. The van der Waals surface area contributed by atoms with E-state index in [4.69, 9.17) is 4.74 Å². The van der Waals surface area contributed by atoms with Gasteiger partial charge in [-0.05, 0) is 18.1 Å². The minimum atomic E-state index is -0.545. The van der Waals surface area contributed by atoms with Gasteiger partial charge >= 0.3 is 5.97 Å². The lowest BCUT2D eigenvalue weighted by atomic mass is 9.86. The number of esters is 1. The highest BCUT2D eigenvalue weighted by molar-refractivity contribution is 6.10. The molecule has 0 amide bonds. The molecule has 0 fully saturated rings. The molecule has 0 bridgehead atoms. The molecule has 0 spiro atoms. The van der Waals surface area contributed by atoms with Crippen LogP contribution in [0.4, 0.5) is 0 Å². The number of hydrogen-bond acceptors (Lipinski definition) is 3. The smallest absolute Gasteiger partial charge is 0.314 e. The van der Waals surface area contributed by atoms with Crippen LogP contribution in [-0.4, -0.2) is 18.4 Å². The summed E-state index contributed by atoms with van der Waals surface area (Å²) in [6.07, 6.45) is 0. The number of Topliss-reactive ketones (excluding diaryl/α,β-unsaturated/α-hetero) is 1. The lowest BCUT2D eigenvalue weighted by Crippen LogP contribution is -2.21. The van der Waals surface area contributed by atoms with E-state index in [9.17, 15) is 9.59 Å². The Kier molecular flexibility index (Phi) is 3.57. The van der Waals surface area contributed by atoms with Crippen molar-refractivity contribution >= 4 is 11.8 Å². The monoisotopic (exact) mass is 280 g/mol. The molecule has 0 saturated carbocycles. The second kappa shape index (κ2) is 5.52. The van der Waals surface area contributed by atoms with Crippen LogP contribution in [0.2, 0.25) is 0 Å². The fourth-order valence-corrected chi connectivity index (χ4v) is 2.99. The van der Waals surface area contributed by atoms with Crippen molar-refractivity contribution in [2.24, 2.45) is 0 Å². The zero-order valence-corrected chi connectivity index (χ0v) is 11.8. The molecular formula is C18H16O3. The Hall–Kier alpha value is -2.42. The Bertz CT molecular complexity index is 676. The summed E-state index contributed by atoms with van der Waals surface area (Å²) in [5.74, 6) is -1.36. The van der Waals surface area contributed by atoms with Crippen LogP contribution in [0.3, 0.4) is 0 Å². The van der Waals surface area contributed by atoms with Gasteiger partial charge < -0.3 is 4.74 Å². The molecule has 0 heterocycles. The molecule has 2 aromatic carbocycles. The van der Waals surface area contributed by atoms with Gasteiger partial charge in [-0.25, -0.2) is 0 Å². The zero-order valence-electron chi connectivity index (χ0n) is 11.8. The van der Waals surface area contributed by atoms with Crippen LogP contribution in [0.1, 0.15) is 40.2 Å². The summed E-state index contributed by atoms with van der Waals surface area (Å²) in [6.45, 7) is 2.09. The van der Waals surface area contributed by atoms with Gasteiger partial charge in [-0.1, -0.05) is 54.6 Å². The van der Waals surface area contributed by atoms with E-state index in [0.29, 0.717) is 12.2 Å². The lowest BCUT2D eigenvalue weighted by molar-refractivity contribution is -0.145. The van der Waals surface area contributed by atoms with Gasteiger partial charge in [0.05, 0.1) is 18.4 Å². The van der Waals surface area contributed by atoms with E-state index in [1.54, 1.807) is 13.0 Å². The third-order valence-electron chi connectivity index (χ3n) is 3.88. The average molecular weight is 280 g/mol. The maximum Gasteiger partial charge on any atom is 0.314 e. The van der Waals surface area contributed by atoms with E-state index >= 15 is 0 Å². The number of benzene rings is 2. The van der Waals surface area contributed by atoms with Gasteiger partial charge in [-0.2, -0.15) is 0 Å². The highest BCUT2D eigenvalue weighted by Gasteiger charge is 2.45. The van der Waals surface area contributed by atoms with Gasteiger partial charge in [0.25, 0.3) is 0 Å². The molecule has 2 atom stereocenters. The third-order valence-corrected chi connectivity index (χ3v) is 3.88. The first-order valence-electron chi connectivity index (χ1n) is 7.08. The molecule has 2 aromatic rings. The molecule has 1 aliphatic carbocycles. The normalized spacial score (nSPS) is 20.1. The fraction of sp³-hybridized carbons (Fsp3) is 0.222. The molecule has 0 aliphatic heterocycles. The molecule has 21 heavy (non-hydrogen) atoms. The first kappa shape index (κ1) is 13.6. The molecule has 1 aliphatic rings. The number of fused-ring (bicyclic) bond motifs is 1. The van der Waals surface area contributed by atoms with Crippen molar-refractivity contribution in [3.05, 3.63) is 71.3 Å². The van der Waals surface area contributed by atoms with Crippen LogP contribution < -0.4 is 0 Å². The number of ketones is 1. The van der Waals surface area contributed by atoms with Crippen LogP contribution >= 0.6 is 0 Å². The number of carbonyl (C=O) groups excluding carboxylic acids is 2. The summed E-state index contributed by atoms with van der Waals surface area (Å²) in [5.41, 5.74) is 2.26. The number of carbonyl (C=O) groups is 2. The predicted octanol–water partition coefficient (Wildman–Crippen LogP) is 3.31. The minimum Gasteiger partial charge on any atom is -0.465 e. The van der Waals surface area contributed by atoms with Gasteiger partial charge in [-0.3, -0.25) is 9.59 Å². The van der Waals surface area contributed by atoms with Crippen molar-refractivity contribution in [3.8, 4) is 0 Å². The minimum absolute atomic E-state index is 0.00477. The van der Waals surface area contributed by atoms with E-state index in [2.05, 4.69) is 0 Å². The maximum atomic E-state index is 12.7. The van der Waals surface area contributed by atoms with Gasteiger partial charge in [-0.15, -0.1) is 0 Å². The highest BCUT2D eigenvalue weighted by Crippen LogP contribution is 2.44. The molecule has 0 N–H and O–H groups in total.